The Kier molecular flexibility index (Phi) is 5.10. The topological polar surface area (TPSA) is 20.2 Å². The third-order valence-electron chi connectivity index (χ3n) is 2.59. The van der Waals surface area contributed by atoms with Crippen molar-refractivity contribution in [3.05, 3.63) is 0 Å². The largest absolute Gasteiger partial charge is 0.393 e. The van der Waals surface area contributed by atoms with Crippen LogP contribution < -0.4 is 0 Å². The normalized spacial score (nSPS) is 17.5. The standard InChI is InChI=1S/C10H24OSi/c1-6-8-10(9(11)7-2)12(3,4)5/h9-11H,6-8H2,1-5H3/t9-,10+/m0/s1. The molecule has 0 unspecified atom stereocenters. The highest BCUT2D eigenvalue weighted by molar-refractivity contribution is 6.77. The van der Waals surface area contributed by atoms with E-state index in [-0.39, 0.29) is 6.10 Å². The third kappa shape index (κ3) is 3.72. The van der Waals surface area contributed by atoms with Crippen LogP contribution in [-0.2, 0) is 0 Å². The summed E-state index contributed by atoms with van der Waals surface area (Å²) in [5.74, 6) is 0. The minimum Gasteiger partial charge on any atom is -0.393 e. The van der Waals surface area contributed by atoms with E-state index in [4.69, 9.17) is 0 Å². The average Bonchev–Trinajstić information content (AvgIpc) is 1.96. The summed E-state index contributed by atoms with van der Waals surface area (Å²) in [6.07, 6.45) is 3.25. The first-order valence-corrected chi connectivity index (χ1v) is 8.69. The zero-order valence-corrected chi connectivity index (χ0v) is 10.2. The maximum absolute atomic E-state index is 9.82. The average molecular weight is 188 g/mol. The molecule has 74 valence electrons. The molecule has 0 heterocycles. The van der Waals surface area contributed by atoms with Gasteiger partial charge in [-0.25, -0.2) is 0 Å². The van der Waals surface area contributed by atoms with Crippen LogP contribution in [0.15, 0.2) is 0 Å². The Hall–Kier alpha value is 0.177. The fraction of sp³-hybridized carbons (Fsp3) is 1.00. The Morgan fingerprint density at radius 3 is 1.92 bits per heavy atom. The number of aliphatic hydroxyl groups excluding tert-OH is 1. The van der Waals surface area contributed by atoms with Crippen LogP contribution in [0.1, 0.15) is 33.1 Å². The molecule has 12 heavy (non-hydrogen) atoms. The molecule has 2 heteroatoms. The summed E-state index contributed by atoms with van der Waals surface area (Å²) in [5.41, 5.74) is 0.590. The second-order valence-electron chi connectivity index (χ2n) is 4.74. The van der Waals surface area contributed by atoms with Crippen molar-refractivity contribution in [2.75, 3.05) is 0 Å². The lowest BCUT2D eigenvalue weighted by atomic mass is 10.1. The van der Waals surface area contributed by atoms with Crippen molar-refractivity contribution in [2.24, 2.45) is 0 Å². The van der Waals surface area contributed by atoms with Crippen molar-refractivity contribution in [3.63, 3.8) is 0 Å². The summed E-state index contributed by atoms with van der Waals surface area (Å²) in [6, 6.07) is 0. The molecule has 0 saturated heterocycles. The van der Waals surface area contributed by atoms with Gasteiger partial charge in [0.05, 0.1) is 14.2 Å². The second kappa shape index (κ2) is 5.03. The highest BCUT2D eigenvalue weighted by Gasteiger charge is 2.30. The van der Waals surface area contributed by atoms with Gasteiger partial charge in [-0.1, -0.05) is 46.3 Å². The van der Waals surface area contributed by atoms with Crippen LogP contribution in [-0.4, -0.2) is 19.3 Å². The van der Waals surface area contributed by atoms with Gasteiger partial charge in [0, 0.05) is 0 Å². The minimum absolute atomic E-state index is 0.0587. The van der Waals surface area contributed by atoms with E-state index in [1.54, 1.807) is 0 Å². The highest BCUT2D eigenvalue weighted by atomic mass is 28.3. The highest BCUT2D eigenvalue weighted by Crippen LogP contribution is 2.31. The Morgan fingerprint density at radius 2 is 1.67 bits per heavy atom. The molecule has 0 aromatic carbocycles. The quantitative estimate of drug-likeness (QED) is 0.657. The summed E-state index contributed by atoms with van der Waals surface area (Å²) in [6.45, 7) is 11.3. The van der Waals surface area contributed by atoms with Gasteiger partial charge < -0.3 is 5.11 Å². The fourth-order valence-corrected chi connectivity index (χ4v) is 4.34. The molecule has 0 amide bonds. The first kappa shape index (κ1) is 12.2. The lowest BCUT2D eigenvalue weighted by molar-refractivity contribution is 0.154. The van der Waals surface area contributed by atoms with Crippen molar-refractivity contribution in [3.8, 4) is 0 Å². The van der Waals surface area contributed by atoms with Crippen LogP contribution in [0.2, 0.25) is 25.2 Å². The van der Waals surface area contributed by atoms with Gasteiger partial charge in [-0.15, -0.1) is 0 Å². The third-order valence-corrected chi connectivity index (χ3v) is 5.49. The Bertz CT molecular complexity index is 117. The van der Waals surface area contributed by atoms with Gasteiger partial charge in [0.1, 0.15) is 0 Å². The van der Waals surface area contributed by atoms with Crippen LogP contribution in [0, 0.1) is 0 Å². The zero-order chi connectivity index (χ0) is 9.78. The number of hydrogen-bond acceptors (Lipinski definition) is 1. The van der Waals surface area contributed by atoms with Gasteiger partial charge >= 0.3 is 0 Å². The smallest absolute Gasteiger partial charge is 0.0542 e. The van der Waals surface area contributed by atoms with Gasteiger partial charge in [-0.3, -0.25) is 0 Å². The molecule has 1 nitrogen and oxygen atoms in total. The second-order valence-corrected chi connectivity index (χ2v) is 10.2. The maximum atomic E-state index is 9.82. The van der Waals surface area contributed by atoms with E-state index >= 15 is 0 Å². The van der Waals surface area contributed by atoms with Crippen LogP contribution in [0.3, 0.4) is 0 Å². The van der Waals surface area contributed by atoms with Crippen molar-refractivity contribution in [2.45, 2.75) is 64.4 Å². The van der Waals surface area contributed by atoms with E-state index in [1.807, 2.05) is 0 Å². The molecule has 0 bridgehead atoms. The summed E-state index contributed by atoms with van der Waals surface area (Å²) >= 11 is 0. The number of rotatable bonds is 5. The fourth-order valence-electron chi connectivity index (χ4n) is 1.80. The van der Waals surface area contributed by atoms with Crippen molar-refractivity contribution in [1.82, 2.24) is 0 Å². The summed E-state index contributed by atoms with van der Waals surface area (Å²) in [5, 5.41) is 9.82. The van der Waals surface area contributed by atoms with Gasteiger partial charge in [0.25, 0.3) is 0 Å². The molecular formula is C10H24OSi. The molecule has 2 atom stereocenters. The summed E-state index contributed by atoms with van der Waals surface area (Å²) in [7, 11) is -1.14. The van der Waals surface area contributed by atoms with E-state index in [0.29, 0.717) is 5.54 Å². The lowest BCUT2D eigenvalue weighted by Crippen LogP contribution is -2.35. The predicted molar refractivity (Wildman–Crippen MR) is 58.3 cm³/mol. The molecule has 0 aliphatic heterocycles. The molecule has 0 rings (SSSR count). The molecule has 0 spiro atoms. The molecule has 0 aliphatic carbocycles. The SMILES string of the molecule is CCC[C@H]([C@@H](O)CC)[Si](C)(C)C. The van der Waals surface area contributed by atoms with E-state index in [2.05, 4.69) is 33.5 Å². The first-order chi connectivity index (χ1) is 5.43. The minimum atomic E-state index is -1.14. The molecule has 0 aromatic rings. The van der Waals surface area contributed by atoms with Crippen molar-refractivity contribution >= 4 is 8.07 Å². The van der Waals surface area contributed by atoms with Gasteiger partial charge in [0.2, 0.25) is 0 Å². The van der Waals surface area contributed by atoms with Gasteiger partial charge in [0.15, 0.2) is 0 Å². The van der Waals surface area contributed by atoms with Gasteiger partial charge in [-0.2, -0.15) is 0 Å². The van der Waals surface area contributed by atoms with Crippen molar-refractivity contribution in [1.29, 1.82) is 0 Å². The molecule has 0 fully saturated rings. The monoisotopic (exact) mass is 188 g/mol. The van der Waals surface area contributed by atoms with Crippen LogP contribution in [0.5, 0.6) is 0 Å². The Labute approximate surface area is 78.2 Å². The van der Waals surface area contributed by atoms with E-state index in [9.17, 15) is 5.11 Å². The molecule has 0 aromatic heterocycles. The van der Waals surface area contributed by atoms with Crippen LogP contribution in [0.25, 0.3) is 0 Å². The molecule has 0 aliphatic rings. The van der Waals surface area contributed by atoms with Crippen LogP contribution >= 0.6 is 0 Å². The Balaban J connectivity index is 4.22. The van der Waals surface area contributed by atoms with Gasteiger partial charge in [-0.05, 0) is 12.0 Å². The van der Waals surface area contributed by atoms with E-state index < -0.39 is 8.07 Å². The maximum Gasteiger partial charge on any atom is 0.0542 e. The summed E-state index contributed by atoms with van der Waals surface area (Å²) < 4.78 is 0. The summed E-state index contributed by atoms with van der Waals surface area (Å²) in [4.78, 5) is 0. The molecule has 1 N–H and O–H groups in total. The molecular weight excluding hydrogens is 164 g/mol. The predicted octanol–water partition coefficient (Wildman–Crippen LogP) is 3.27. The number of hydrogen-bond donors (Lipinski definition) is 1. The zero-order valence-electron chi connectivity index (χ0n) is 9.22. The Morgan fingerprint density at radius 1 is 1.17 bits per heavy atom. The molecule has 0 radical (unpaired) electrons. The van der Waals surface area contributed by atoms with Crippen LogP contribution in [0.4, 0.5) is 0 Å². The first-order valence-electron chi connectivity index (χ1n) is 5.11. The number of aliphatic hydroxyl groups is 1. The van der Waals surface area contributed by atoms with Crippen molar-refractivity contribution < 1.29 is 5.11 Å². The van der Waals surface area contributed by atoms with E-state index in [0.717, 1.165) is 6.42 Å². The lowest BCUT2D eigenvalue weighted by Gasteiger charge is -2.32. The molecule has 0 saturated carbocycles. The van der Waals surface area contributed by atoms with E-state index in [1.165, 1.54) is 12.8 Å².